The van der Waals surface area contributed by atoms with Gasteiger partial charge in [0.2, 0.25) is 0 Å². The number of hydrogen-bond acceptors (Lipinski definition) is 3. The number of carbonyl (C=O) groups is 1. The molecule has 2 rings (SSSR count). The van der Waals surface area contributed by atoms with Crippen molar-refractivity contribution in [2.24, 2.45) is 0 Å². The van der Waals surface area contributed by atoms with Crippen LogP contribution in [0.2, 0.25) is 0 Å². The first kappa shape index (κ1) is 14.2. The second-order valence-corrected chi connectivity index (χ2v) is 4.66. The van der Waals surface area contributed by atoms with Crippen molar-refractivity contribution < 1.29 is 14.3 Å². The maximum absolute atomic E-state index is 13.5. The summed E-state index contributed by atoms with van der Waals surface area (Å²) in [5.74, 6) is -1.96. The van der Waals surface area contributed by atoms with Crippen molar-refractivity contribution in [3.8, 4) is 0 Å². The average molecular weight is 277 g/mol. The average Bonchev–Trinajstić information content (AvgIpc) is 2.89. The Bertz CT molecular complexity index is 584. The summed E-state index contributed by atoms with van der Waals surface area (Å²) in [5.41, 5.74) is 0.408. The van der Waals surface area contributed by atoms with E-state index in [1.54, 1.807) is 18.6 Å². The van der Waals surface area contributed by atoms with Crippen molar-refractivity contribution in [1.29, 1.82) is 0 Å². The van der Waals surface area contributed by atoms with Crippen LogP contribution in [0.3, 0.4) is 0 Å². The fraction of sp³-hybridized carbons (Fsp3) is 0.286. The van der Waals surface area contributed by atoms with Crippen molar-refractivity contribution in [1.82, 2.24) is 14.9 Å². The molecular weight excluding hydrogens is 261 g/mol. The van der Waals surface area contributed by atoms with Gasteiger partial charge in [0.25, 0.3) is 0 Å². The number of nitrogens with zero attached hydrogens (tertiary/aromatic N) is 2. The lowest BCUT2D eigenvalue weighted by molar-refractivity contribution is 0.0692. The van der Waals surface area contributed by atoms with Crippen LogP contribution in [0, 0.1) is 5.82 Å². The summed E-state index contributed by atoms with van der Waals surface area (Å²) in [4.78, 5) is 14.7. The molecule has 0 bridgehead atoms. The van der Waals surface area contributed by atoms with Crippen molar-refractivity contribution in [3.63, 3.8) is 0 Å². The molecule has 0 fully saturated rings. The Kier molecular flexibility index (Phi) is 4.47. The first-order chi connectivity index (χ1) is 9.56. The first-order valence-corrected chi connectivity index (χ1v) is 6.27. The molecule has 0 aliphatic rings. The molecule has 0 saturated carbocycles. The number of halogens is 1. The first-order valence-electron chi connectivity index (χ1n) is 6.27. The van der Waals surface area contributed by atoms with Crippen LogP contribution in [0.5, 0.6) is 0 Å². The highest BCUT2D eigenvalue weighted by Gasteiger charge is 2.10. The summed E-state index contributed by atoms with van der Waals surface area (Å²) in [6.45, 7) is 3.25. The maximum Gasteiger partial charge on any atom is 0.338 e. The Morgan fingerprint density at radius 2 is 2.35 bits per heavy atom. The van der Waals surface area contributed by atoms with Crippen LogP contribution in [0.1, 0.15) is 22.8 Å². The molecule has 106 valence electrons. The lowest BCUT2D eigenvalue weighted by Gasteiger charge is -2.14. The Balaban J connectivity index is 1.90. The molecule has 1 unspecified atom stereocenters. The summed E-state index contributed by atoms with van der Waals surface area (Å²) in [6, 6.07) is 4.34. The van der Waals surface area contributed by atoms with E-state index in [1.165, 1.54) is 12.1 Å². The van der Waals surface area contributed by atoms with Gasteiger partial charge in [0.1, 0.15) is 5.82 Å². The molecule has 2 N–H and O–H groups in total. The third-order valence-electron chi connectivity index (χ3n) is 2.96. The number of aromatic carboxylic acids is 1. The minimum Gasteiger partial charge on any atom is -0.478 e. The lowest BCUT2D eigenvalue weighted by Crippen LogP contribution is -2.29. The summed E-state index contributed by atoms with van der Waals surface area (Å²) in [5, 5.41) is 12.0. The molecule has 1 heterocycles. The van der Waals surface area contributed by atoms with E-state index in [1.807, 2.05) is 17.7 Å². The second-order valence-electron chi connectivity index (χ2n) is 4.66. The summed E-state index contributed by atoms with van der Waals surface area (Å²) in [6.07, 6.45) is 5.33. The Labute approximate surface area is 116 Å². The highest BCUT2D eigenvalue weighted by molar-refractivity contribution is 5.87. The van der Waals surface area contributed by atoms with Gasteiger partial charge >= 0.3 is 5.97 Å². The van der Waals surface area contributed by atoms with E-state index in [-0.39, 0.29) is 11.6 Å². The quantitative estimate of drug-likeness (QED) is 0.846. The second kappa shape index (κ2) is 6.29. The molecule has 0 aliphatic heterocycles. The molecule has 6 heteroatoms. The smallest absolute Gasteiger partial charge is 0.338 e. The van der Waals surface area contributed by atoms with E-state index in [0.717, 1.165) is 6.54 Å². The van der Waals surface area contributed by atoms with Gasteiger partial charge in [-0.15, -0.1) is 0 Å². The van der Waals surface area contributed by atoms with Crippen LogP contribution in [0.15, 0.2) is 36.9 Å². The van der Waals surface area contributed by atoms with Gasteiger partial charge in [0, 0.05) is 31.5 Å². The van der Waals surface area contributed by atoms with Crippen LogP contribution < -0.4 is 5.32 Å². The van der Waals surface area contributed by atoms with Crippen LogP contribution in [-0.2, 0) is 13.1 Å². The zero-order valence-corrected chi connectivity index (χ0v) is 11.1. The maximum atomic E-state index is 13.5. The molecule has 0 amide bonds. The fourth-order valence-electron chi connectivity index (χ4n) is 1.91. The number of hydrogen-bond donors (Lipinski definition) is 2. The van der Waals surface area contributed by atoms with Crippen LogP contribution in [0.4, 0.5) is 4.39 Å². The number of rotatable bonds is 6. The van der Waals surface area contributed by atoms with Gasteiger partial charge in [0.15, 0.2) is 0 Å². The monoisotopic (exact) mass is 277 g/mol. The molecule has 1 atom stereocenters. The van der Waals surface area contributed by atoms with Gasteiger partial charge in [-0.3, -0.25) is 0 Å². The van der Waals surface area contributed by atoms with Gasteiger partial charge in [-0.2, -0.15) is 0 Å². The van der Waals surface area contributed by atoms with Gasteiger partial charge in [-0.1, -0.05) is 6.07 Å². The summed E-state index contributed by atoms with van der Waals surface area (Å²) in [7, 11) is 0. The molecule has 0 spiro atoms. The molecule has 1 aromatic carbocycles. The third-order valence-corrected chi connectivity index (χ3v) is 2.96. The number of aromatic nitrogens is 2. The fourth-order valence-corrected chi connectivity index (χ4v) is 1.91. The molecule has 0 saturated heterocycles. The van der Waals surface area contributed by atoms with Gasteiger partial charge in [-0.25, -0.2) is 14.2 Å². The number of imidazole rings is 1. The van der Waals surface area contributed by atoms with E-state index in [0.29, 0.717) is 12.1 Å². The SMILES string of the molecule is CC(Cn1ccnc1)NCc1ccc(C(=O)O)c(F)c1. The lowest BCUT2D eigenvalue weighted by atomic mass is 10.1. The topological polar surface area (TPSA) is 67.2 Å². The van der Waals surface area contributed by atoms with Crippen molar-refractivity contribution >= 4 is 5.97 Å². The van der Waals surface area contributed by atoms with Crippen molar-refractivity contribution in [3.05, 3.63) is 53.9 Å². The number of nitrogens with one attached hydrogen (secondary N) is 1. The predicted molar refractivity (Wildman–Crippen MR) is 71.9 cm³/mol. The zero-order chi connectivity index (χ0) is 14.5. The van der Waals surface area contributed by atoms with Crippen LogP contribution in [-0.4, -0.2) is 26.7 Å². The summed E-state index contributed by atoms with van der Waals surface area (Å²) >= 11 is 0. The van der Waals surface area contributed by atoms with E-state index < -0.39 is 11.8 Å². The Hall–Kier alpha value is -2.21. The molecule has 20 heavy (non-hydrogen) atoms. The summed E-state index contributed by atoms with van der Waals surface area (Å²) < 4.78 is 15.5. The van der Waals surface area contributed by atoms with Crippen LogP contribution in [0.25, 0.3) is 0 Å². The van der Waals surface area contributed by atoms with E-state index in [4.69, 9.17) is 5.11 Å². The normalized spacial score (nSPS) is 12.3. The minimum atomic E-state index is -1.25. The van der Waals surface area contributed by atoms with E-state index in [9.17, 15) is 9.18 Å². The molecule has 2 aromatic rings. The zero-order valence-electron chi connectivity index (χ0n) is 11.1. The third kappa shape index (κ3) is 3.64. The molecule has 5 nitrogen and oxygen atoms in total. The Morgan fingerprint density at radius 1 is 1.55 bits per heavy atom. The number of carboxylic acids is 1. The molecule has 0 radical (unpaired) electrons. The highest BCUT2D eigenvalue weighted by atomic mass is 19.1. The highest BCUT2D eigenvalue weighted by Crippen LogP contribution is 2.10. The van der Waals surface area contributed by atoms with Gasteiger partial charge in [-0.05, 0) is 24.6 Å². The van der Waals surface area contributed by atoms with Gasteiger partial charge < -0.3 is 15.0 Å². The number of benzene rings is 1. The van der Waals surface area contributed by atoms with Crippen molar-refractivity contribution in [2.75, 3.05) is 0 Å². The minimum absolute atomic E-state index is 0.186. The number of carboxylic acid groups (broad SMARTS) is 1. The molecule has 0 aliphatic carbocycles. The molecular formula is C14H16FN3O2. The van der Waals surface area contributed by atoms with Crippen molar-refractivity contribution in [2.45, 2.75) is 26.1 Å². The van der Waals surface area contributed by atoms with E-state index in [2.05, 4.69) is 10.3 Å². The predicted octanol–water partition coefficient (Wildman–Crippen LogP) is 1.90. The van der Waals surface area contributed by atoms with Gasteiger partial charge in [0.05, 0.1) is 11.9 Å². The Morgan fingerprint density at radius 3 is 2.95 bits per heavy atom. The standard InChI is InChI=1S/C14H16FN3O2/c1-10(8-18-5-4-16-9-18)17-7-11-2-3-12(14(19)20)13(15)6-11/h2-6,9-10,17H,7-8H2,1H3,(H,19,20). The van der Waals surface area contributed by atoms with E-state index >= 15 is 0 Å². The van der Waals surface area contributed by atoms with Crippen LogP contribution >= 0.6 is 0 Å². The largest absolute Gasteiger partial charge is 0.478 e. The molecule has 1 aromatic heterocycles.